The maximum Gasteiger partial charge on any atom is 0.252 e. The van der Waals surface area contributed by atoms with Crippen LogP contribution in [-0.4, -0.2) is 35.1 Å². The Kier molecular flexibility index (Phi) is 5.26. The van der Waals surface area contributed by atoms with E-state index in [9.17, 15) is 9.59 Å². The summed E-state index contributed by atoms with van der Waals surface area (Å²) in [5.41, 5.74) is 4.93. The summed E-state index contributed by atoms with van der Waals surface area (Å²) in [6, 6.07) is 1.34. The average molecular weight is 300 g/mol. The standard InChI is InChI=1S/C12H18ClN5O2/c1-12(2,3)11(20)16-5-4-15-10-7(9(14)19)6-8(13)17-18-10/h6H,4-5H2,1-3H3,(H2,14,19)(H,15,18)(H,16,20). The number of hydrogen-bond acceptors (Lipinski definition) is 5. The Morgan fingerprint density at radius 2 is 1.95 bits per heavy atom. The van der Waals surface area contributed by atoms with E-state index >= 15 is 0 Å². The molecule has 8 heteroatoms. The highest BCUT2D eigenvalue weighted by Crippen LogP contribution is 2.14. The maximum absolute atomic E-state index is 11.6. The quantitative estimate of drug-likeness (QED) is 0.697. The third kappa shape index (κ3) is 4.65. The van der Waals surface area contributed by atoms with Crippen molar-refractivity contribution in [1.82, 2.24) is 15.5 Å². The molecule has 110 valence electrons. The highest BCUT2D eigenvalue weighted by atomic mass is 35.5. The zero-order valence-corrected chi connectivity index (χ0v) is 12.4. The van der Waals surface area contributed by atoms with Gasteiger partial charge in [-0.1, -0.05) is 32.4 Å². The minimum absolute atomic E-state index is 0.0587. The number of halogens is 1. The van der Waals surface area contributed by atoms with Crippen LogP contribution in [0.25, 0.3) is 0 Å². The van der Waals surface area contributed by atoms with Crippen LogP contribution in [0.5, 0.6) is 0 Å². The van der Waals surface area contributed by atoms with Crippen molar-refractivity contribution in [2.45, 2.75) is 20.8 Å². The first-order valence-corrected chi connectivity index (χ1v) is 6.45. The molecule has 0 aliphatic heterocycles. The normalized spacial score (nSPS) is 11.0. The van der Waals surface area contributed by atoms with Gasteiger partial charge in [0, 0.05) is 18.5 Å². The zero-order chi connectivity index (χ0) is 15.3. The van der Waals surface area contributed by atoms with Crippen LogP contribution in [0.15, 0.2) is 6.07 Å². The molecule has 1 aromatic rings. The predicted octanol–water partition coefficient (Wildman–Crippen LogP) is 0.803. The fourth-order valence-electron chi connectivity index (χ4n) is 1.31. The van der Waals surface area contributed by atoms with Crippen molar-refractivity contribution < 1.29 is 9.59 Å². The van der Waals surface area contributed by atoms with E-state index in [1.165, 1.54) is 6.07 Å². The van der Waals surface area contributed by atoms with Crippen LogP contribution in [0.3, 0.4) is 0 Å². The van der Waals surface area contributed by atoms with Gasteiger partial charge in [0.1, 0.15) is 0 Å². The smallest absolute Gasteiger partial charge is 0.252 e. The highest BCUT2D eigenvalue weighted by Gasteiger charge is 2.20. The highest BCUT2D eigenvalue weighted by molar-refractivity contribution is 6.29. The molecule has 1 heterocycles. The van der Waals surface area contributed by atoms with Gasteiger partial charge in [0.15, 0.2) is 11.0 Å². The van der Waals surface area contributed by atoms with Crippen LogP contribution in [-0.2, 0) is 4.79 Å². The van der Waals surface area contributed by atoms with Gasteiger partial charge < -0.3 is 16.4 Å². The number of aromatic nitrogens is 2. The summed E-state index contributed by atoms with van der Waals surface area (Å²) < 4.78 is 0. The van der Waals surface area contributed by atoms with Crippen molar-refractivity contribution in [3.63, 3.8) is 0 Å². The molecule has 0 saturated heterocycles. The summed E-state index contributed by atoms with van der Waals surface area (Å²) in [5.74, 6) is -0.466. The van der Waals surface area contributed by atoms with Gasteiger partial charge in [-0.15, -0.1) is 10.2 Å². The summed E-state index contributed by atoms with van der Waals surface area (Å²) in [4.78, 5) is 22.9. The van der Waals surface area contributed by atoms with Gasteiger partial charge >= 0.3 is 0 Å². The molecule has 0 aromatic carbocycles. The van der Waals surface area contributed by atoms with E-state index in [2.05, 4.69) is 20.8 Å². The molecule has 0 radical (unpaired) electrons. The number of nitrogens with two attached hydrogens (primary N) is 1. The number of anilines is 1. The molecule has 1 rings (SSSR count). The number of hydrogen-bond donors (Lipinski definition) is 3. The van der Waals surface area contributed by atoms with E-state index in [1.807, 2.05) is 20.8 Å². The summed E-state index contributed by atoms with van der Waals surface area (Å²) in [6.07, 6.45) is 0. The third-order valence-electron chi connectivity index (χ3n) is 2.41. The second kappa shape index (κ2) is 6.51. The van der Waals surface area contributed by atoms with E-state index in [1.54, 1.807) is 0 Å². The molecule has 4 N–H and O–H groups in total. The lowest BCUT2D eigenvalue weighted by Crippen LogP contribution is -2.37. The van der Waals surface area contributed by atoms with Crippen molar-refractivity contribution in [2.24, 2.45) is 11.1 Å². The molecular formula is C12H18ClN5O2. The number of primary amides is 1. The Morgan fingerprint density at radius 3 is 2.50 bits per heavy atom. The number of carbonyl (C=O) groups excluding carboxylic acids is 2. The van der Waals surface area contributed by atoms with Gasteiger partial charge in [0.25, 0.3) is 5.91 Å². The molecule has 2 amide bonds. The molecule has 0 atom stereocenters. The van der Waals surface area contributed by atoms with Gasteiger partial charge in [-0.2, -0.15) is 0 Å². The SMILES string of the molecule is CC(C)(C)C(=O)NCCNc1nnc(Cl)cc1C(N)=O. The van der Waals surface area contributed by atoms with Crippen LogP contribution in [0.2, 0.25) is 5.15 Å². The minimum atomic E-state index is -0.650. The molecule has 0 fully saturated rings. The van der Waals surface area contributed by atoms with Crippen molar-refractivity contribution in [3.8, 4) is 0 Å². The Balaban J connectivity index is 2.55. The zero-order valence-electron chi connectivity index (χ0n) is 11.7. The van der Waals surface area contributed by atoms with Gasteiger partial charge in [-0.05, 0) is 6.07 Å². The molecule has 1 aromatic heterocycles. The van der Waals surface area contributed by atoms with E-state index in [-0.39, 0.29) is 22.4 Å². The number of nitrogens with one attached hydrogen (secondary N) is 2. The summed E-state index contributed by atoms with van der Waals surface area (Å²) in [6.45, 7) is 6.25. The number of carbonyl (C=O) groups is 2. The van der Waals surface area contributed by atoms with Crippen molar-refractivity contribution in [1.29, 1.82) is 0 Å². The minimum Gasteiger partial charge on any atom is -0.366 e. The molecule has 0 saturated carbocycles. The fourth-order valence-corrected chi connectivity index (χ4v) is 1.46. The Morgan fingerprint density at radius 1 is 1.30 bits per heavy atom. The van der Waals surface area contributed by atoms with E-state index in [0.717, 1.165) is 0 Å². The number of amides is 2. The van der Waals surface area contributed by atoms with Gasteiger partial charge in [-0.3, -0.25) is 9.59 Å². The van der Waals surface area contributed by atoms with Crippen LogP contribution in [0.1, 0.15) is 31.1 Å². The molecule has 0 spiro atoms. The molecule has 0 bridgehead atoms. The summed E-state index contributed by atoms with van der Waals surface area (Å²) >= 11 is 5.65. The molecule has 20 heavy (non-hydrogen) atoms. The molecular weight excluding hydrogens is 282 g/mol. The van der Waals surface area contributed by atoms with E-state index in [4.69, 9.17) is 17.3 Å². The Labute approximate surface area is 122 Å². The fraction of sp³-hybridized carbons (Fsp3) is 0.500. The summed E-state index contributed by atoms with van der Waals surface area (Å²) in [7, 11) is 0. The Bertz CT molecular complexity index is 513. The van der Waals surface area contributed by atoms with Crippen LogP contribution in [0.4, 0.5) is 5.82 Å². The first-order chi connectivity index (χ1) is 9.21. The Hall–Kier alpha value is -1.89. The van der Waals surface area contributed by atoms with Crippen molar-refractivity contribution in [2.75, 3.05) is 18.4 Å². The lowest BCUT2D eigenvalue weighted by atomic mass is 9.96. The molecule has 0 aliphatic rings. The van der Waals surface area contributed by atoms with Crippen molar-refractivity contribution in [3.05, 3.63) is 16.8 Å². The third-order valence-corrected chi connectivity index (χ3v) is 2.60. The van der Waals surface area contributed by atoms with Crippen LogP contribution >= 0.6 is 11.6 Å². The maximum atomic E-state index is 11.6. The monoisotopic (exact) mass is 299 g/mol. The molecule has 7 nitrogen and oxygen atoms in total. The number of nitrogens with zero attached hydrogens (tertiary/aromatic N) is 2. The molecule has 0 unspecified atom stereocenters. The molecule has 0 aliphatic carbocycles. The van der Waals surface area contributed by atoms with E-state index in [0.29, 0.717) is 13.1 Å². The van der Waals surface area contributed by atoms with Gasteiger partial charge in [0.05, 0.1) is 5.56 Å². The van der Waals surface area contributed by atoms with Gasteiger partial charge in [0.2, 0.25) is 5.91 Å². The van der Waals surface area contributed by atoms with E-state index < -0.39 is 11.3 Å². The van der Waals surface area contributed by atoms with Crippen LogP contribution in [0, 0.1) is 5.41 Å². The lowest BCUT2D eigenvalue weighted by Gasteiger charge is -2.17. The topological polar surface area (TPSA) is 110 Å². The largest absolute Gasteiger partial charge is 0.366 e. The first-order valence-electron chi connectivity index (χ1n) is 6.07. The second-order valence-electron chi connectivity index (χ2n) is 5.23. The van der Waals surface area contributed by atoms with Gasteiger partial charge in [-0.25, -0.2) is 0 Å². The summed E-state index contributed by atoms with van der Waals surface area (Å²) in [5, 5.41) is 13.1. The predicted molar refractivity (Wildman–Crippen MR) is 76.5 cm³/mol. The van der Waals surface area contributed by atoms with Crippen LogP contribution < -0.4 is 16.4 Å². The lowest BCUT2D eigenvalue weighted by molar-refractivity contribution is -0.128. The van der Waals surface area contributed by atoms with Crippen molar-refractivity contribution >= 4 is 29.2 Å². The first kappa shape index (κ1) is 16.2. The average Bonchev–Trinajstić information content (AvgIpc) is 2.34. The second-order valence-corrected chi connectivity index (χ2v) is 5.61. The number of rotatable bonds is 5.